The molecule has 0 bridgehead atoms. The van der Waals surface area contributed by atoms with E-state index in [1.165, 1.54) is 13.2 Å². The Kier molecular flexibility index (Phi) is 5.20. The molecular formula is C14H12BrNO5. The van der Waals surface area contributed by atoms with E-state index in [2.05, 4.69) is 15.9 Å². The van der Waals surface area contributed by atoms with E-state index in [4.69, 9.17) is 24.2 Å². The van der Waals surface area contributed by atoms with E-state index < -0.39 is 5.97 Å². The molecule has 21 heavy (non-hydrogen) atoms. The van der Waals surface area contributed by atoms with Gasteiger partial charge in [0.05, 0.1) is 6.61 Å². The lowest BCUT2D eigenvalue weighted by Crippen LogP contribution is -2.11. The van der Waals surface area contributed by atoms with Gasteiger partial charge in [-0.15, -0.1) is 0 Å². The lowest BCUT2D eigenvalue weighted by atomic mass is 10.1. The van der Waals surface area contributed by atoms with Crippen molar-refractivity contribution in [3.8, 4) is 17.6 Å². The van der Waals surface area contributed by atoms with Gasteiger partial charge in [0, 0.05) is 11.6 Å². The molecule has 110 valence electrons. The number of methoxy groups -OCH3 is 1. The monoisotopic (exact) mass is 353 g/mol. The Bertz CT molecular complexity index is 621. The van der Waals surface area contributed by atoms with Crippen LogP contribution in [0.4, 0.5) is 0 Å². The molecule has 0 aromatic heterocycles. The van der Waals surface area contributed by atoms with Crippen molar-refractivity contribution in [3.63, 3.8) is 0 Å². The summed E-state index contributed by atoms with van der Waals surface area (Å²) in [5.74, 6) is 0.480. The Morgan fingerprint density at radius 3 is 2.81 bits per heavy atom. The Labute approximate surface area is 130 Å². The minimum absolute atomic E-state index is 0.0939. The van der Waals surface area contributed by atoms with Gasteiger partial charge in [-0.2, -0.15) is 5.26 Å². The van der Waals surface area contributed by atoms with Crippen LogP contribution in [0.5, 0.6) is 11.5 Å². The largest absolute Gasteiger partial charge is 0.459 e. The summed E-state index contributed by atoms with van der Waals surface area (Å²) in [6.07, 6.45) is 1.43. The number of halogens is 1. The maximum absolute atomic E-state index is 11.8. The zero-order valence-electron chi connectivity index (χ0n) is 11.2. The quantitative estimate of drug-likeness (QED) is 0.349. The van der Waals surface area contributed by atoms with Crippen LogP contribution in [0.15, 0.2) is 22.2 Å². The summed E-state index contributed by atoms with van der Waals surface area (Å²) in [7, 11) is 1.50. The van der Waals surface area contributed by atoms with Gasteiger partial charge < -0.3 is 18.9 Å². The highest BCUT2D eigenvalue weighted by atomic mass is 79.9. The maximum atomic E-state index is 11.8. The molecule has 0 radical (unpaired) electrons. The van der Waals surface area contributed by atoms with Gasteiger partial charge in [-0.25, -0.2) is 4.79 Å². The second-order valence-corrected chi connectivity index (χ2v) is 4.88. The van der Waals surface area contributed by atoms with Crippen LogP contribution in [0.2, 0.25) is 0 Å². The molecule has 1 aliphatic heterocycles. The number of benzene rings is 1. The molecule has 2 rings (SSSR count). The fourth-order valence-electron chi connectivity index (χ4n) is 1.63. The number of carbonyl (C=O) groups excluding carboxylic acids is 1. The lowest BCUT2D eigenvalue weighted by molar-refractivity contribution is -0.139. The summed E-state index contributed by atoms with van der Waals surface area (Å²) in [4.78, 5) is 11.8. The highest BCUT2D eigenvalue weighted by molar-refractivity contribution is 9.10. The Balaban J connectivity index is 2.20. The van der Waals surface area contributed by atoms with E-state index >= 15 is 0 Å². The number of esters is 1. The Hall–Kier alpha value is -2.04. The van der Waals surface area contributed by atoms with Crippen molar-refractivity contribution in [2.75, 3.05) is 27.1 Å². The van der Waals surface area contributed by atoms with Crippen LogP contribution in [-0.4, -0.2) is 33.1 Å². The molecular weight excluding hydrogens is 342 g/mol. The molecule has 1 heterocycles. The van der Waals surface area contributed by atoms with Gasteiger partial charge >= 0.3 is 5.97 Å². The molecule has 1 aromatic rings. The van der Waals surface area contributed by atoms with E-state index in [0.29, 0.717) is 21.5 Å². The van der Waals surface area contributed by atoms with Crippen LogP contribution in [0, 0.1) is 11.3 Å². The number of nitrogens with zero attached hydrogens (tertiary/aromatic N) is 1. The van der Waals surface area contributed by atoms with Gasteiger partial charge in [0.2, 0.25) is 6.79 Å². The summed E-state index contributed by atoms with van der Waals surface area (Å²) < 4.78 is 20.9. The van der Waals surface area contributed by atoms with E-state index in [-0.39, 0.29) is 25.6 Å². The first-order chi connectivity index (χ1) is 10.2. The molecule has 0 N–H and O–H groups in total. The number of fused-ring (bicyclic) bond motifs is 1. The molecule has 1 aliphatic rings. The molecule has 0 atom stereocenters. The SMILES string of the molecule is COCCOC(=O)/C(C#N)=C/c1cc2c(cc1Br)OCO2. The van der Waals surface area contributed by atoms with Crippen LogP contribution in [0.25, 0.3) is 6.08 Å². The van der Waals surface area contributed by atoms with Gasteiger partial charge in [0.15, 0.2) is 11.5 Å². The first-order valence-corrected chi connectivity index (χ1v) is 6.82. The van der Waals surface area contributed by atoms with Gasteiger partial charge in [-0.05, 0) is 23.8 Å². The molecule has 1 aromatic carbocycles. The summed E-state index contributed by atoms with van der Waals surface area (Å²) >= 11 is 3.36. The van der Waals surface area contributed by atoms with Crippen molar-refractivity contribution in [1.82, 2.24) is 0 Å². The first-order valence-electron chi connectivity index (χ1n) is 6.02. The van der Waals surface area contributed by atoms with Crippen molar-refractivity contribution < 1.29 is 23.7 Å². The smallest absolute Gasteiger partial charge is 0.348 e. The highest BCUT2D eigenvalue weighted by Crippen LogP contribution is 2.37. The van der Waals surface area contributed by atoms with Gasteiger partial charge in [-0.3, -0.25) is 0 Å². The van der Waals surface area contributed by atoms with Crippen LogP contribution in [-0.2, 0) is 14.3 Å². The highest BCUT2D eigenvalue weighted by Gasteiger charge is 2.17. The van der Waals surface area contributed by atoms with Crippen LogP contribution in [0.3, 0.4) is 0 Å². The van der Waals surface area contributed by atoms with Gasteiger partial charge in [0.1, 0.15) is 18.2 Å². The molecule has 7 heteroatoms. The van der Waals surface area contributed by atoms with Crippen LogP contribution in [0.1, 0.15) is 5.56 Å². The fourth-order valence-corrected chi connectivity index (χ4v) is 2.07. The van der Waals surface area contributed by atoms with E-state index in [1.807, 2.05) is 6.07 Å². The summed E-state index contributed by atoms with van der Waals surface area (Å²) in [6.45, 7) is 0.522. The molecule has 0 unspecified atom stereocenters. The van der Waals surface area contributed by atoms with Crippen molar-refractivity contribution in [2.24, 2.45) is 0 Å². The number of hydrogen-bond donors (Lipinski definition) is 0. The molecule has 0 amide bonds. The van der Waals surface area contributed by atoms with Crippen LogP contribution >= 0.6 is 15.9 Å². The minimum Gasteiger partial charge on any atom is -0.459 e. The number of nitriles is 1. The zero-order chi connectivity index (χ0) is 15.2. The predicted octanol–water partition coefficient (Wildman–Crippen LogP) is 2.27. The molecule has 6 nitrogen and oxygen atoms in total. The second kappa shape index (κ2) is 7.11. The third-order valence-electron chi connectivity index (χ3n) is 2.65. The number of rotatable bonds is 5. The number of carbonyl (C=O) groups is 1. The fraction of sp³-hybridized carbons (Fsp3) is 0.286. The minimum atomic E-state index is -0.695. The Morgan fingerprint density at radius 1 is 1.43 bits per heavy atom. The van der Waals surface area contributed by atoms with Crippen LogP contribution < -0.4 is 9.47 Å². The van der Waals surface area contributed by atoms with Gasteiger partial charge in [-0.1, -0.05) is 15.9 Å². The Morgan fingerprint density at radius 2 is 2.14 bits per heavy atom. The van der Waals surface area contributed by atoms with E-state index in [9.17, 15) is 4.79 Å². The molecule has 0 fully saturated rings. The zero-order valence-corrected chi connectivity index (χ0v) is 12.8. The molecule has 0 saturated carbocycles. The van der Waals surface area contributed by atoms with E-state index in [1.54, 1.807) is 12.1 Å². The molecule has 0 saturated heterocycles. The topological polar surface area (TPSA) is 77.8 Å². The third kappa shape index (κ3) is 3.74. The summed E-state index contributed by atoms with van der Waals surface area (Å²) in [5, 5.41) is 9.08. The van der Waals surface area contributed by atoms with Crippen molar-refractivity contribution >= 4 is 28.0 Å². The first kappa shape index (κ1) is 15.4. The van der Waals surface area contributed by atoms with Crippen molar-refractivity contribution in [1.29, 1.82) is 5.26 Å². The lowest BCUT2D eigenvalue weighted by Gasteiger charge is -2.05. The van der Waals surface area contributed by atoms with Gasteiger partial charge in [0.25, 0.3) is 0 Å². The molecule has 0 spiro atoms. The normalized spacial score (nSPS) is 12.9. The maximum Gasteiger partial charge on any atom is 0.348 e. The van der Waals surface area contributed by atoms with E-state index in [0.717, 1.165) is 0 Å². The summed E-state index contributed by atoms with van der Waals surface area (Å²) in [5.41, 5.74) is 0.519. The van der Waals surface area contributed by atoms with Crippen molar-refractivity contribution in [2.45, 2.75) is 0 Å². The van der Waals surface area contributed by atoms with Crippen molar-refractivity contribution in [3.05, 3.63) is 27.7 Å². The summed E-state index contributed by atoms with van der Waals surface area (Å²) in [6, 6.07) is 5.23. The molecule has 0 aliphatic carbocycles. The number of hydrogen-bond acceptors (Lipinski definition) is 6. The number of ether oxygens (including phenoxy) is 4. The average molecular weight is 354 g/mol. The average Bonchev–Trinajstić information content (AvgIpc) is 2.91. The second-order valence-electron chi connectivity index (χ2n) is 4.03. The standard InChI is InChI=1S/C14H12BrNO5/c1-18-2-3-19-14(17)10(7-16)4-9-5-12-13(6-11(9)15)21-8-20-12/h4-6H,2-3,8H2,1H3/b10-4+. The third-order valence-corrected chi connectivity index (χ3v) is 3.34. The predicted molar refractivity (Wildman–Crippen MR) is 76.7 cm³/mol.